The van der Waals surface area contributed by atoms with Crippen molar-refractivity contribution in [3.63, 3.8) is 0 Å². The van der Waals surface area contributed by atoms with E-state index >= 15 is 0 Å². The average Bonchev–Trinajstić information content (AvgIpc) is 2.62. The highest BCUT2D eigenvalue weighted by atomic mass is 15.2. The average molecular weight is 374 g/mol. The van der Waals surface area contributed by atoms with Gasteiger partial charge in [0.05, 0.1) is 0 Å². The fourth-order valence-electron chi connectivity index (χ4n) is 8.08. The van der Waals surface area contributed by atoms with Crippen LogP contribution in [0, 0.1) is 40.9 Å². The molecule has 1 heterocycles. The molecule has 2 atom stereocenters. The Bertz CT molecular complexity index is 482. The number of hydrogen-bond donors (Lipinski definition) is 2. The van der Waals surface area contributed by atoms with Crippen LogP contribution < -0.4 is 10.6 Å². The lowest BCUT2D eigenvalue weighted by Gasteiger charge is -2.55. The van der Waals surface area contributed by atoms with Crippen molar-refractivity contribution in [1.82, 2.24) is 15.5 Å². The molecule has 0 aromatic rings. The van der Waals surface area contributed by atoms with Crippen molar-refractivity contribution in [1.29, 1.82) is 0 Å². The second-order valence-electron chi connectivity index (χ2n) is 11.8. The fourth-order valence-corrected chi connectivity index (χ4v) is 8.08. The maximum Gasteiger partial charge on any atom is 0.0108 e. The quantitative estimate of drug-likeness (QED) is 0.768. The third kappa shape index (κ3) is 4.12. The van der Waals surface area contributed by atoms with Crippen LogP contribution in [-0.2, 0) is 0 Å². The van der Waals surface area contributed by atoms with Crippen molar-refractivity contribution in [2.45, 2.75) is 71.3 Å². The molecule has 0 radical (unpaired) electrons. The van der Waals surface area contributed by atoms with E-state index in [2.05, 4.69) is 29.4 Å². The summed E-state index contributed by atoms with van der Waals surface area (Å²) in [5.74, 6) is 6.22. The van der Waals surface area contributed by atoms with Crippen molar-refractivity contribution >= 4 is 0 Å². The normalized spacial score (nSPS) is 46.7. The Labute approximate surface area is 167 Å². The predicted octanol–water partition coefficient (Wildman–Crippen LogP) is 3.75. The van der Waals surface area contributed by atoms with E-state index < -0.39 is 0 Å². The molecule has 2 unspecified atom stereocenters. The van der Waals surface area contributed by atoms with Crippen LogP contribution in [0.4, 0.5) is 0 Å². The molecule has 5 aliphatic carbocycles. The molecule has 6 fully saturated rings. The molecule has 4 bridgehead atoms. The third-order valence-electron chi connectivity index (χ3n) is 9.26. The summed E-state index contributed by atoms with van der Waals surface area (Å²) in [7, 11) is 0. The molecule has 0 aromatic carbocycles. The largest absolute Gasteiger partial charge is 0.314 e. The maximum absolute atomic E-state index is 4.18. The van der Waals surface area contributed by atoms with Crippen LogP contribution in [-0.4, -0.2) is 50.2 Å². The first-order valence-electron chi connectivity index (χ1n) is 12.2. The molecule has 6 aliphatic rings. The van der Waals surface area contributed by atoms with Gasteiger partial charge < -0.3 is 15.5 Å². The number of hydrogen-bond acceptors (Lipinski definition) is 3. The molecule has 1 aliphatic heterocycles. The number of nitrogens with zero attached hydrogens (tertiary/aromatic N) is 1. The molecule has 3 heteroatoms. The summed E-state index contributed by atoms with van der Waals surface area (Å²) in [4.78, 5) is 2.74. The Balaban J connectivity index is 1.20. The molecular weight excluding hydrogens is 330 g/mol. The number of rotatable bonds is 5. The van der Waals surface area contributed by atoms with Crippen LogP contribution >= 0.6 is 0 Å². The summed E-state index contributed by atoms with van der Waals surface area (Å²) in [6.07, 6.45) is 12.1. The molecule has 3 nitrogen and oxygen atoms in total. The molecule has 27 heavy (non-hydrogen) atoms. The predicted molar refractivity (Wildman–Crippen MR) is 113 cm³/mol. The first kappa shape index (κ1) is 18.9. The minimum absolute atomic E-state index is 0.541. The highest BCUT2D eigenvalue weighted by molar-refractivity contribution is 4.99. The van der Waals surface area contributed by atoms with Gasteiger partial charge >= 0.3 is 0 Å². The Kier molecular flexibility index (Phi) is 5.32. The van der Waals surface area contributed by atoms with E-state index in [-0.39, 0.29) is 0 Å². The van der Waals surface area contributed by atoms with Crippen LogP contribution in [0.2, 0.25) is 0 Å². The van der Waals surface area contributed by atoms with Gasteiger partial charge in [-0.05, 0) is 98.8 Å². The summed E-state index contributed by atoms with van der Waals surface area (Å²) >= 11 is 0. The standard InChI is InChI=1S/C24H43N3/c1-24(2)4-3-23(21(14-24)16-27-7-5-25-6-8-27)26-15-22-19-10-17-9-18(12-19)13-20(22)11-17/h17-23,25-26H,3-16H2,1-2H3. The van der Waals surface area contributed by atoms with Crippen LogP contribution in [0.1, 0.15) is 65.2 Å². The molecule has 2 N–H and O–H groups in total. The van der Waals surface area contributed by atoms with Gasteiger partial charge in [0, 0.05) is 38.8 Å². The van der Waals surface area contributed by atoms with Gasteiger partial charge in [-0.15, -0.1) is 0 Å². The van der Waals surface area contributed by atoms with Crippen molar-refractivity contribution in [2.75, 3.05) is 39.3 Å². The van der Waals surface area contributed by atoms with Crippen molar-refractivity contribution in [3.8, 4) is 0 Å². The van der Waals surface area contributed by atoms with Crippen molar-refractivity contribution in [3.05, 3.63) is 0 Å². The molecule has 1 saturated heterocycles. The van der Waals surface area contributed by atoms with Gasteiger partial charge in [0.1, 0.15) is 0 Å². The Morgan fingerprint density at radius 3 is 2.30 bits per heavy atom. The SMILES string of the molecule is CC1(C)CCC(NCC2C3CC4CC(C3)CC2C4)C(CN2CCNCC2)C1. The fraction of sp³-hybridized carbons (Fsp3) is 1.00. The van der Waals surface area contributed by atoms with E-state index in [0.29, 0.717) is 5.41 Å². The number of piperazine rings is 1. The Morgan fingerprint density at radius 2 is 1.63 bits per heavy atom. The smallest absolute Gasteiger partial charge is 0.0108 e. The summed E-state index contributed by atoms with van der Waals surface area (Å²) < 4.78 is 0. The van der Waals surface area contributed by atoms with Gasteiger partial charge in [0.2, 0.25) is 0 Å². The molecular formula is C24H43N3. The zero-order valence-corrected chi connectivity index (χ0v) is 17.9. The molecule has 6 rings (SSSR count). The highest BCUT2D eigenvalue weighted by Crippen LogP contribution is 2.56. The van der Waals surface area contributed by atoms with Gasteiger partial charge in [0.15, 0.2) is 0 Å². The van der Waals surface area contributed by atoms with E-state index in [1.54, 1.807) is 32.1 Å². The Hall–Kier alpha value is -0.120. The lowest BCUT2D eigenvalue weighted by Crippen LogP contribution is -2.54. The summed E-state index contributed by atoms with van der Waals surface area (Å²) in [6.45, 7) is 12.5. The number of nitrogens with one attached hydrogen (secondary N) is 2. The van der Waals surface area contributed by atoms with Crippen LogP contribution in [0.25, 0.3) is 0 Å². The minimum atomic E-state index is 0.541. The van der Waals surface area contributed by atoms with Gasteiger partial charge in [-0.25, -0.2) is 0 Å². The molecule has 154 valence electrons. The summed E-state index contributed by atoms with van der Waals surface area (Å²) in [6, 6.07) is 0.769. The Morgan fingerprint density at radius 1 is 0.963 bits per heavy atom. The van der Waals surface area contributed by atoms with E-state index in [0.717, 1.165) is 41.5 Å². The molecule has 0 spiro atoms. The zero-order chi connectivity index (χ0) is 18.4. The second-order valence-corrected chi connectivity index (χ2v) is 11.8. The van der Waals surface area contributed by atoms with Crippen LogP contribution in [0.15, 0.2) is 0 Å². The van der Waals surface area contributed by atoms with Crippen molar-refractivity contribution < 1.29 is 0 Å². The lowest BCUT2D eigenvalue weighted by atomic mass is 9.52. The van der Waals surface area contributed by atoms with Gasteiger partial charge in [-0.2, -0.15) is 0 Å². The highest BCUT2D eigenvalue weighted by Gasteiger charge is 2.48. The summed E-state index contributed by atoms with van der Waals surface area (Å²) in [5, 5.41) is 7.70. The maximum atomic E-state index is 4.18. The van der Waals surface area contributed by atoms with Crippen LogP contribution in [0.5, 0.6) is 0 Å². The monoisotopic (exact) mass is 373 g/mol. The topological polar surface area (TPSA) is 27.3 Å². The van der Waals surface area contributed by atoms with E-state index in [4.69, 9.17) is 0 Å². The van der Waals surface area contributed by atoms with Gasteiger partial charge in [0.25, 0.3) is 0 Å². The first-order valence-corrected chi connectivity index (χ1v) is 12.2. The molecule has 0 aromatic heterocycles. The summed E-state index contributed by atoms with van der Waals surface area (Å²) in [5.41, 5.74) is 0.541. The van der Waals surface area contributed by atoms with Crippen LogP contribution in [0.3, 0.4) is 0 Å². The minimum Gasteiger partial charge on any atom is -0.314 e. The van der Waals surface area contributed by atoms with E-state index in [1.165, 1.54) is 58.5 Å². The molecule has 5 saturated carbocycles. The van der Waals surface area contributed by atoms with Gasteiger partial charge in [-0.3, -0.25) is 0 Å². The first-order chi connectivity index (χ1) is 13.1. The van der Waals surface area contributed by atoms with E-state index in [9.17, 15) is 0 Å². The van der Waals surface area contributed by atoms with Gasteiger partial charge in [-0.1, -0.05) is 13.8 Å². The lowest BCUT2D eigenvalue weighted by molar-refractivity contribution is -0.0384. The molecule has 0 amide bonds. The van der Waals surface area contributed by atoms with E-state index in [1.807, 2.05) is 0 Å². The second kappa shape index (κ2) is 7.61. The zero-order valence-electron chi connectivity index (χ0n) is 17.9. The third-order valence-corrected chi connectivity index (χ3v) is 9.26. The van der Waals surface area contributed by atoms with Crippen molar-refractivity contribution in [2.24, 2.45) is 40.9 Å².